The lowest BCUT2D eigenvalue weighted by Crippen LogP contribution is -2.45. The van der Waals surface area contributed by atoms with Crippen LogP contribution in [0, 0.1) is 16.0 Å². The summed E-state index contributed by atoms with van der Waals surface area (Å²) in [5.41, 5.74) is 1.18. The molecule has 1 saturated heterocycles. The Labute approximate surface area is 208 Å². The van der Waals surface area contributed by atoms with Crippen LogP contribution in [0.1, 0.15) is 52.5 Å². The molecule has 2 heterocycles. The number of carbonyl (C=O) groups is 1. The van der Waals surface area contributed by atoms with Crippen LogP contribution in [0.25, 0.3) is 0 Å². The van der Waals surface area contributed by atoms with Gasteiger partial charge in [0, 0.05) is 42.3 Å². The number of non-ortho nitro benzene ring substituents is 1. The maximum Gasteiger partial charge on any atom is 0.269 e. The van der Waals surface area contributed by atoms with Crippen molar-refractivity contribution in [1.29, 1.82) is 0 Å². The lowest BCUT2D eigenvalue weighted by atomic mass is 9.82. The number of nitrogens with zero attached hydrogens (tertiary/aromatic N) is 2. The Bertz CT molecular complexity index is 1050. The van der Waals surface area contributed by atoms with Gasteiger partial charge >= 0.3 is 0 Å². The molecule has 1 aromatic rings. The topological polar surface area (TPSA) is 92.9 Å². The number of amides is 1. The molecule has 1 fully saturated rings. The first-order valence-electron chi connectivity index (χ1n) is 12.2. The summed E-state index contributed by atoms with van der Waals surface area (Å²) >= 11 is 0. The number of aliphatic hydroxyl groups excluding tert-OH is 1. The van der Waals surface area contributed by atoms with E-state index in [1.54, 1.807) is 31.0 Å². The van der Waals surface area contributed by atoms with Crippen LogP contribution >= 0.6 is 0 Å². The van der Waals surface area contributed by atoms with Crippen LogP contribution < -0.4 is 4.90 Å². The Morgan fingerprint density at radius 1 is 1.31 bits per heavy atom. The number of allylic oxidation sites excluding steroid dienone is 3. The number of benzene rings is 1. The molecule has 1 N–H and O–H groups in total. The zero-order chi connectivity index (χ0) is 26.1. The predicted octanol–water partition coefficient (Wildman–Crippen LogP) is 5.79. The van der Waals surface area contributed by atoms with E-state index in [0.717, 1.165) is 18.4 Å². The van der Waals surface area contributed by atoms with Crippen LogP contribution in [0.4, 0.5) is 15.5 Å². The van der Waals surface area contributed by atoms with E-state index < -0.39 is 36.5 Å². The fraction of sp³-hybridized carbons (Fsp3) is 0.577. The van der Waals surface area contributed by atoms with Crippen molar-refractivity contribution in [2.75, 3.05) is 18.1 Å². The van der Waals surface area contributed by atoms with E-state index in [-0.39, 0.29) is 24.6 Å². The number of nitro benzene ring substituents is 1. The normalized spacial score (nSPS) is 26.4. The van der Waals surface area contributed by atoms with Gasteiger partial charge in [0.25, 0.3) is 11.6 Å². The maximum absolute atomic E-state index is 15.5. The Kier molecular flexibility index (Phi) is 8.03. The fourth-order valence-corrected chi connectivity index (χ4v) is 8.21. The summed E-state index contributed by atoms with van der Waals surface area (Å²) in [4.78, 5) is 26.7. The fourth-order valence-electron chi connectivity index (χ4n) is 5.66. The van der Waals surface area contributed by atoms with Crippen LogP contribution in [0.15, 0.2) is 41.5 Å². The van der Waals surface area contributed by atoms with Gasteiger partial charge in [-0.3, -0.25) is 14.9 Å². The number of nitro groups is 1. The van der Waals surface area contributed by atoms with Crippen LogP contribution in [0.5, 0.6) is 0 Å². The summed E-state index contributed by atoms with van der Waals surface area (Å²) in [6.45, 7) is 11.2. The monoisotopic (exact) mass is 504 g/mol. The summed E-state index contributed by atoms with van der Waals surface area (Å²) in [6.07, 6.45) is 5.50. The van der Waals surface area contributed by atoms with E-state index in [9.17, 15) is 20.0 Å². The van der Waals surface area contributed by atoms with Crippen molar-refractivity contribution >= 4 is 25.7 Å². The molecule has 1 amide bonds. The first-order chi connectivity index (χ1) is 16.3. The molecule has 3 rings (SSSR count). The Morgan fingerprint density at radius 2 is 2.00 bits per heavy atom. The zero-order valence-electron chi connectivity index (χ0n) is 21.5. The summed E-state index contributed by atoms with van der Waals surface area (Å²) in [5.74, 6) is -0.857. The summed E-state index contributed by atoms with van der Waals surface area (Å²) in [6, 6.07) is 4.38. The minimum Gasteiger partial charge on any atom is -0.396 e. The van der Waals surface area contributed by atoms with E-state index in [1.165, 1.54) is 17.7 Å². The number of fused-ring (bicyclic) bond motifs is 2. The second kappa shape index (κ2) is 10.3. The number of hydrogen-bond acceptors (Lipinski definition) is 5. The molecule has 1 spiro atoms. The summed E-state index contributed by atoms with van der Waals surface area (Å²) < 4.78 is 21.9. The van der Waals surface area contributed by atoms with E-state index in [0.29, 0.717) is 17.8 Å². The third kappa shape index (κ3) is 5.12. The van der Waals surface area contributed by atoms with Crippen molar-refractivity contribution in [2.45, 2.75) is 77.3 Å². The van der Waals surface area contributed by atoms with Gasteiger partial charge in [-0.25, -0.2) is 0 Å². The number of carbonyl (C=O) groups excluding carboxylic acids is 1. The van der Waals surface area contributed by atoms with Crippen molar-refractivity contribution in [2.24, 2.45) is 5.92 Å². The zero-order valence-corrected chi connectivity index (χ0v) is 22.5. The average Bonchev–Trinajstić information content (AvgIpc) is 3.18. The number of aliphatic hydroxyl groups is 1. The van der Waals surface area contributed by atoms with Crippen LogP contribution in [-0.4, -0.2) is 43.6 Å². The molecule has 0 saturated carbocycles. The smallest absolute Gasteiger partial charge is 0.269 e. The summed E-state index contributed by atoms with van der Waals surface area (Å²) in [5, 5.41) is 21.2. The molecule has 192 valence electrons. The highest BCUT2D eigenvalue weighted by molar-refractivity contribution is 6.72. The molecule has 0 bridgehead atoms. The predicted molar refractivity (Wildman–Crippen MR) is 138 cm³/mol. The first-order valence-corrected chi connectivity index (χ1v) is 15.2. The minimum absolute atomic E-state index is 0.138. The van der Waals surface area contributed by atoms with Crippen LogP contribution in [-0.2, 0) is 15.1 Å². The van der Waals surface area contributed by atoms with Gasteiger partial charge in [0.2, 0.25) is 8.41 Å². The lowest BCUT2D eigenvalue weighted by Gasteiger charge is -2.31. The Hall–Kier alpha value is -2.36. The van der Waals surface area contributed by atoms with Gasteiger partial charge in [-0.2, -0.15) is 0 Å². The van der Waals surface area contributed by atoms with Crippen molar-refractivity contribution in [3.63, 3.8) is 0 Å². The maximum atomic E-state index is 15.5. The van der Waals surface area contributed by atoms with E-state index >= 15 is 4.11 Å². The van der Waals surface area contributed by atoms with Gasteiger partial charge in [0.05, 0.1) is 16.7 Å². The van der Waals surface area contributed by atoms with Crippen LogP contribution in [0.3, 0.4) is 0 Å². The van der Waals surface area contributed by atoms with Crippen molar-refractivity contribution < 1.29 is 23.7 Å². The molecular weight excluding hydrogens is 467 g/mol. The minimum atomic E-state index is -3.31. The molecule has 0 aliphatic carbocycles. The molecule has 2 aliphatic rings. The molecule has 0 radical (unpaired) electrons. The number of rotatable bonds is 9. The summed E-state index contributed by atoms with van der Waals surface area (Å²) in [7, 11) is -3.31. The van der Waals surface area contributed by atoms with Gasteiger partial charge in [0.15, 0.2) is 5.60 Å². The number of hydrogen-bond donors (Lipinski definition) is 1. The SMILES string of the molecule is CC(C)=CCC/C(C)=C/CN1C(=O)[C@@]2(O[C@@H](CCO)[C@H]([Si](C)(C)F)[C@H]2C)c2cc([N+](=O)[O-])ccc21. The Morgan fingerprint density at radius 3 is 2.57 bits per heavy atom. The molecule has 7 nitrogen and oxygen atoms in total. The lowest BCUT2D eigenvalue weighted by molar-refractivity contribution is -0.385. The number of anilines is 1. The molecule has 9 heteroatoms. The molecular formula is C26H37FN2O5Si. The third-order valence-corrected chi connectivity index (χ3v) is 9.74. The molecule has 4 atom stereocenters. The molecule has 0 unspecified atom stereocenters. The highest BCUT2D eigenvalue weighted by Gasteiger charge is 2.66. The second-order valence-electron chi connectivity index (χ2n) is 10.5. The quantitative estimate of drug-likeness (QED) is 0.151. The third-order valence-electron chi connectivity index (χ3n) is 7.28. The molecule has 1 aromatic carbocycles. The highest BCUT2D eigenvalue weighted by atomic mass is 28.4. The second-order valence-corrected chi connectivity index (χ2v) is 14.3. The van der Waals surface area contributed by atoms with Gasteiger partial charge in [0.1, 0.15) is 0 Å². The van der Waals surface area contributed by atoms with E-state index in [1.807, 2.05) is 13.0 Å². The number of halogens is 1. The van der Waals surface area contributed by atoms with Crippen molar-refractivity contribution in [3.8, 4) is 0 Å². The first kappa shape index (κ1) is 27.2. The standard InChI is InChI=1S/C26H37FN2O5Si/c1-17(2)8-7-9-18(3)12-14-28-22-11-10-20(29(32)33)16-21(22)26(25(28)31)19(4)24(35(5,6)27)23(34-26)13-15-30/h8,10-12,16,19,23-24,30H,7,9,13-15H2,1-6H3/b18-12+/t19-,23+,24-,26+/m1/s1. The number of ether oxygens (including phenoxy) is 1. The highest BCUT2D eigenvalue weighted by Crippen LogP contribution is 2.60. The molecule has 35 heavy (non-hydrogen) atoms. The van der Waals surface area contributed by atoms with Gasteiger partial charge in [-0.05, 0) is 59.2 Å². The van der Waals surface area contributed by atoms with Crippen LogP contribution in [0.2, 0.25) is 18.6 Å². The average molecular weight is 505 g/mol. The molecule has 0 aromatic heterocycles. The van der Waals surface area contributed by atoms with Gasteiger partial charge < -0.3 is 18.9 Å². The van der Waals surface area contributed by atoms with E-state index in [2.05, 4.69) is 19.9 Å². The Balaban J connectivity index is 2.06. The largest absolute Gasteiger partial charge is 0.396 e. The van der Waals surface area contributed by atoms with Crippen molar-refractivity contribution in [3.05, 3.63) is 57.2 Å². The van der Waals surface area contributed by atoms with E-state index in [4.69, 9.17) is 4.74 Å². The van der Waals surface area contributed by atoms with Crippen molar-refractivity contribution in [1.82, 2.24) is 0 Å². The molecule has 2 aliphatic heterocycles. The van der Waals surface area contributed by atoms with Gasteiger partial charge in [-0.15, -0.1) is 0 Å². The van der Waals surface area contributed by atoms with Gasteiger partial charge in [-0.1, -0.05) is 30.2 Å².